The monoisotopic (exact) mass is 315 g/mol. The van der Waals surface area contributed by atoms with Crippen LogP contribution >= 0.6 is 27.7 Å². The van der Waals surface area contributed by atoms with Gasteiger partial charge in [-0.3, -0.25) is 4.90 Å². The molecule has 1 aliphatic heterocycles. The first-order chi connectivity index (χ1) is 8.25. The molecular formula is C12H18BrN3S. The molecule has 0 bridgehead atoms. The first kappa shape index (κ1) is 13.2. The van der Waals surface area contributed by atoms with E-state index in [2.05, 4.69) is 42.9 Å². The fourth-order valence-corrected chi connectivity index (χ4v) is 3.01. The third-order valence-corrected chi connectivity index (χ3v) is 4.64. The number of nitrogens with zero attached hydrogens (tertiary/aromatic N) is 2. The van der Waals surface area contributed by atoms with E-state index in [1.54, 1.807) is 0 Å². The third-order valence-electron chi connectivity index (χ3n) is 2.86. The second-order valence-electron chi connectivity index (χ2n) is 4.14. The predicted octanol–water partition coefficient (Wildman–Crippen LogP) is 2.61. The first-order valence-corrected chi connectivity index (χ1v) is 7.87. The lowest BCUT2D eigenvalue weighted by molar-refractivity contribution is 0.314. The lowest BCUT2D eigenvalue weighted by Gasteiger charge is -2.26. The highest BCUT2D eigenvalue weighted by Gasteiger charge is 2.09. The van der Waals surface area contributed by atoms with Crippen LogP contribution in [-0.2, 0) is 0 Å². The van der Waals surface area contributed by atoms with Crippen molar-refractivity contribution < 1.29 is 0 Å². The van der Waals surface area contributed by atoms with Gasteiger partial charge in [-0.2, -0.15) is 11.8 Å². The molecule has 1 N–H and O–H groups in total. The van der Waals surface area contributed by atoms with Gasteiger partial charge in [0, 0.05) is 42.2 Å². The summed E-state index contributed by atoms with van der Waals surface area (Å²) in [5, 5.41) is 3.38. The highest BCUT2D eigenvalue weighted by atomic mass is 79.9. The molecule has 1 aliphatic rings. The summed E-state index contributed by atoms with van der Waals surface area (Å²) in [5.41, 5.74) is 1.03. The molecule has 1 fully saturated rings. The van der Waals surface area contributed by atoms with Gasteiger partial charge < -0.3 is 5.32 Å². The summed E-state index contributed by atoms with van der Waals surface area (Å²) in [4.78, 5) is 6.98. The Morgan fingerprint density at radius 2 is 2.18 bits per heavy atom. The van der Waals surface area contributed by atoms with Gasteiger partial charge in [-0.15, -0.1) is 0 Å². The lowest BCUT2D eigenvalue weighted by atomic mass is 10.3. The maximum atomic E-state index is 4.47. The van der Waals surface area contributed by atoms with Crippen LogP contribution in [0.4, 0.5) is 5.82 Å². The number of hydrogen-bond acceptors (Lipinski definition) is 4. The van der Waals surface area contributed by atoms with Gasteiger partial charge >= 0.3 is 0 Å². The van der Waals surface area contributed by atoms with Gasteiger partial charge in [-0.05, 0) is 35.0 Å². The normalized spacial score (nSPS) is 17.1. The lowest BCUT2D eigenvalue weighted by Crippen LogP contribution is -2.36. The Hall–Kier alpha value is -0.260. The summed E-state index contributed by atoms with van der Waals surface area (Å²) in [6, 6.07) is 4.06. The molecule has 5 heteroatoms. The summed E-state index contributed by atoms with van der Waals surface area (Å²) >= 11 is 5.51. The average molecular weight is 316 g/mol. The van der Waals surface area contributed by atoms with Crippen LogP contribution < -0.4 is 5.32 Å². The molecular weight excluding hydrogens is 298 g/mol. The SMILES string of the molecule is Cc1nc(NCCN2CCSCC2)ccc1Br. The Balaban J connectivity index is 1.75. The minimum atomic E-state index is 0.970. The number of nitrogens with one attached hydrogen (secondary N) is 1. The fourth-order valence-electron chi connectivity index (χ4n) is 1.81. The second kappa shape index (κ2) is 6.61. The molecule has 1 aromatic heterocycles. The van der Waals surface area contributed by atoms with Crippen molar-refractivity contribution in [2.24, 2.45) is 0 Å². The van der Waals surface area contributed by atoms with Crippen LogP contribution in [0.1, 0.15) is 5.69 Å². The van der Waals surface area contributed by atoms with Gasteiger partial charge in [-0.1, -0.05) is 0 Å². The molecule has 2 rings (SSSR count). The molecule has 1 aromatic rings. The summed E-state index contributed by atoms with van der Waals surface area (Å²) in [6.07, 6.45) is 0. The highest BCUT2D eigenvalue weighted by molar-refractivity contribution is 9.10. The van der Waals surface area contributed by atoms with E-state index in [4.69, 9.17) is 0 Å². The van der Waals surface area contributed by atoms with Gasteiger partial charge in [0.1, 0.15) is 5.82 Å². The average Bonchev–Trinajstić information content (AvgIpc) is 2.35. The van der Waals surface area contributed by atoms with Crippen molar-refractivity contribution in [2.75, 3.05) is 43.0 Å². The Labute approximate surface area is 116 Å². The van der Waals surface area contributed by atoms with Gasteiger partial charge in [0.2, 0.25) is 0 Å². The predicted molar refractivity (Wildman–Crippen MR) is 78.9 cm³/mol. The third kappa shape index (κ3) is 4.16. The van der Waals surface area contributed by atoms with Crippen LogP contribution in [-0.4, -0.2) is 47.6 Å². The molecule has 0 aromatic carbocycles. The first-order valence-electron chi connectivity index (χ1n) is 5.93. The second-order valence-corrected chi connectivity index (χ2v) is 6.22. The van der Waals surface area contributed by atoms with Crippen LogP contribution in [0, 0.1) is 6.92 Å². The molecule has 1 saturated heterocycles. The minimum absolute atomic E-state index is 0.970. The Morgan fingerprint density at radius 1 is 1.41 bits per heavy atom. The highest BCUT2D eigenvalue weighted by Crippen LogP contribution is 2.16. The van der Waals surface area contributed by atoms with Gasteiger partial charge in [0.25, 0.3) is 0 Å². The van der Waals surface area contributed by atoms with Crippen molar-refractivity contribution >= 4 is 33.5 Å². The number of anilines is 1. The van der Waals surface area contributed by atoms with Crippen LogP contribution in [0.25, 0.3) is 0 Å². The molecule has 2 heterocycles. The van der Waals surface area contributed by atoms with E-state index in [0.29, 0.717) is 0 Å². The molecule has 0 amide bonds. The quantitative estimate of drug-likeness (QED) is 0.924. The summed E-state index contributed by atoms with van der Waals surface area (Å²) in [5.74, 6) is 3.52. The zero-order valence-corrected chi connectivity index (χ0v) is 12.5. The zero-order valence-electron chi connectivity index (χ0n) is 10.1. The maximum absolute atomic E-state index is 4.47. The van der Waals surface area contributed by atoms with Crippen molar-refractivity contribution in [2.45, 2.75) is 6.92 Å². The molecule has 17 heavy (non-hydrogen) atoms. The molecule has 3 nitrogen and oxygen atoms in total. The van der Waals surface area contributed by atoms with Crippen LogP contribution in [0.5, 0.6) is 0 Å². The van der Waals surface area contributed by atoms with Gasteiger partial charge in [-0.25, -0.2) is 4.98 Å². The Bertz CT molecular complexity index is 367. The minimum Gasteiger partial charge on any atom is -0.369 e. The number of aromatic nitrogens is 1. The summed E-state index contributed by atoms with van der Waals surface area (Å²) < 4.78 is 1.07. The topological polar surface area (TPSA) is 28.2 Å². The summed E-state index contributed by atoms with van der Waals surface area (Å²) in [7, 11) is 0. The van der Waals surface area contributed by atoms with Crippen LogP contribution in [0.3, 0.4) is 0 Å². The maximum Gasteiger partial charge on any atom is 0.126 e. The largest absolute Gasteiger partial charge is 0.369 e. The Morgan fingerprint density at radius 3 is 2.88 bits per heavy atom. The van der Waals surface area contributed by atoms with Crippen molar-refractivity contribution in [3.05, 3.63) is 22.3 Å². The molecule has 0 radical (unpaired) electrons. The standard InChI is InChI=1S/C12H18BrN3S/c1-10-11(13)2-3-12(15-10)14-4-5-16-6-8-17-9-7-16/h2-3H,4-9H2,1H3,(H,14,15). The molecule has 0 aliphatic carbocycles. The number of aryl methyl sites for hydroxylation is 1. The number of thioether (sulfide) groups is 1. The van der Waals surface area contributed by atoms with Crippen molar-refractivity contribution in [3.8, 4) is 0 Å². The van der Waals surface area contributed by atoms with E-state index in [9.17, 15) is 0 Å². The van der Waals surface area contributed by atoms with Gasteiger partial charge in [0.15, 0.2) is 0 Å². The number of halogens is 1. The molecule has 94 valence electrons. The van der Waals surface area contributed by atoms with Crippen molar-refractivity contribution in [1.29, 1.82) is 0 Å². The van der Waals surface area contributed by atoms with E-state index >= 15 is 0 Å². The smallest absolute Gasteiger partial charge is 0.126 e. The van der Waals surface area contributed by atoms with Crippen molar-refractivity contribution in [1.82, 2.24) is 9.88 Å². The van der Waals surface area contributed by atoms with E-state index < -0.39 is 0 Å². The molecule has 0 unspecified atom stereocenters. The molecule has 0 atom stereocenters. The number of pyridine rings is 1. The van der Waals surface area contributed by atoms with E-state index in [0.717, 1.165) is 29.1 Å². The van der Waals surface area contributed by atoms with Crippen LogP contribution in [0.2, 0.25) is 0 Å². The van der Waals surface area contributed by atoms with Crippen LogP contribution in [0.15, 0.2) is 16.6 Å². The molecule has 0 saturated carbocycles. The summed E-state index contributed by atoms with van der Waals surface area (Å²) in [6.45, 7) is 6.53. The van der Waals surface area contributed by atoms with E-state index in [-0.39, 0.29) is 0 Å². The molecule has 0 spiro atoms. The van der Waals surface area contributed by atoms with Crippen molar-refractivity contribution in [3.63, 3.8) is 0 Å². The fraction of sp³-hybridized carbons (Fsp3) is 0.583. The number of hydrogen-bond donors (Lipinski definition) is 1. The van der Waals surface area contributed by atoms with Gasteiger partial charge in [0.05, 0.1) is 5.69 Å². The Kier molecular flexibility index (Phi) is 5.13. The van der Waals surface area contributed by atoms with E-state index in [1.165, 1.54) is 24.6 Å². The zero-order chi connectivity index (χ0) is 12.1. The van der Waals surface area contributed by atoms with E-state index in [1.807, 2.05) is 19.1 Å². The number of rotatable bonds is 4.